The summed E-state index contributed by atoms with van der Waals surface area (Å²) in [7, 11) is 0. The molecule has 2 aromatic heterocycles. The Hall–Kier alpha value is -2.99. The van der Waals surface area contributed by atoms with Crippen LogP contribution in [0.3, 0.4) is 0 Å². The normalized spacial score (nSPS) is 15.0. The summed E-state index contributed by atoms with van der Waals surface area (Å²) in [5.74, 6) is 0.832. The third-order valence-electron chi connectivity index (χ3n) is 5.29. The first kappa shape index (κ1) is 18.4. The molecule has 0 spiro atoms. The molecule has 0 atom stereocenters. The van der Waals surface area contributed by atoms with Gasteiger partial charge < -0.3 is 15.1 Å². The average Bonchev–Trinajstić information content (AvgIpc) is 2.77. The maximum atomic E-state index is 12.6. The Bertz CT molecular complexity index is 943. The smallest absolute Gasteiger partial charge is 0.270 e. The number of carbonyl (C=O) groups excluding carboxylic acids is 1. The molecule has 0 unspecified atom stereocenters. The molecular weight excluding hydrogens is 350 g/mol. The molecule has 0 bridgehead atoms. The van der Waals surface area contributed by atoms with Crippen LogP contribution < -0.4 is 10.2 Å². The van der Waals surface area contributed by atoms with Crippen molar-refractivity contribution in [1.82, 2.24) is 20.2 Å². The topological polar surface area (TPSA) is 61.4 Å². The number of anilines is 1. The van der Waals surface area contributed by atoms with Gasteiger partial charge >= 0.3 is 0 Å². The Labute approximate surface area is 165 Å². The fraction of sp³-hybridized carbons (Fsp3) is 0.318. The van der Waals surface area contributed by atoms with E-state index in [2.05, 4.69) is 32.0 Å². The van der Waals surface area contributed by atoms with Gasteiger partial charge in [0.1, 0.15) is 11.5 Å². The van der Waals surface area contributed by atoms with Crippen molar-refractivity contribution in [2.45, 2.75) is 13.5 Å². The summed E-state index contributed by atoms with van der Waals surface area (Å²) in [4.78, 5) is 26.2. The second kappa shape index (κ2) is 8.35. The fourth-order valence-corrected chi connectivity index (χ4v) is 3.57. The van der Waals surface area contributed by atoms with Crippen LogP contribution in [0.25, 0.3) is 10.8 Å². The summed E-state index contributed by atoms with van der Waals surface area (Å²) >= 11 is 0. The number of pyridine rings is 2. The van der Waals surface area contributed by atoms with Crippen LogP contribution >= 0.6 is 0 Å². The lowest BCUT2D eigenvalue weighted by Crippen LogP contribution is -2.46. The predicted octanol–water partition coefficient (Wildman–Crippen LogP) is 2.70. The van der Waals surface area contributed by atoms with Crippen LogP contribution in [-0.4, -0.2) is 53.5 Å². The summed E-state index contributed by atoms with van der Waals surface area (Å²) in [6.07, 6.45) is 3.52. The van der Waals surface area contributed by atoms with Crippen molar-refractivity contribution in [3.05, 3.63) is 66.1 Å². The van der Waals surface area contributed by atoms with Crippen LogP contribution in [0.4, 0.5) is 5.82 Å². The van der Waals surface area contributed by atoms with E-state index in [-0.39, 0.29) is 5.91 Å². The van der Waals surface area contributed by atoms with Gasteiger partial charge in [0.25, 0.3) is 5.91 Å². The molecule has 1 fully saturated rings. The second-order valence-electron chi connectivity index (χ2n) is 7.01. The van der Waals surface area contributed by atoms with Crippen molar-refractivity contribution < 1.29 is 4.79 Å². The lowest BCUT2D eigenvalue weighted by Gasteiger charge is -2.34. The van der Waals surface area contributed by atoms with Gasteiger partial charge in [0.05, 0.1) is 0 Å². The Morgan fingerprint density at radius 1 is 1.04 bits per heavy atom. The molecule has 144 valence electrons. The van der Waals surface area contributed by atoms with Crippen molar-refractivity contribution in [3.8, 4) is 0 Å². The molecule has 1 aromatic carbocycles. The zero-order valence-corrected chi connectivity index (χ0v) is 16.1. The molecule has 1 N–H and O–H groups in total. The minimum Gasteiger partial charge on any atom is -0.354 e. The number of hydrogen-bond acceptors (Lipinski definition) is 5. The molecule has 3 heterocycles. The number of carbonyl (C=O) groups is 1. The van der Waals surface area contributed by atoms with Gasteiger partial charge in [0.2, 0.25) is 0 Å². The molecule has 0 saturated carbocycles. The third-order valence-corrected chi connectivity index (χ3v) is 5.29. The minimum atomic E-state index is -0.170. The Morgan fingerprint density at radius 3 is 2.61 bits per heavy atom. The number of piperazine rings is 1. The van der Waals surface area contributed by atoms with E-state index in [0.29, 0.717) is 12.2 Å². The summed E-state index contributed by atoms with van der Waals surface area (Å²) < 4.78 is 0. The Morgan fingerprint density at radius 2 is 1.86 bits per heavy atom. The van der Waals surface area contributed by atoms with Crippen molar-refractivity contribution in [3.63, 3.8) is 0 Å². The zero-order chi connectivity index (χ0) is 19.3. The molecule has 0 aliphatic carbocycles. The molecule has 6 nitrogen and oxygen atoms in total. The van der Waals surface area contributed by atoms with Crippen molar-refractivity contribution >= 4 is 22.5 Å². The molecule has 1 aliphatic rings. The molecular formula is C22H25N5O. The quantitative estimate of drug-likeness (QED) is 0.743. The van der Waals surface area contributed by atoms with Crippen LogP contribution in [0.2, 0.25) is 0 Å². The number of amides is 1. The summed E-state index contributed by atoms with van der Waals surface area (Å²) in [5, 5.41) is 4.83. The van der Waals surface area contributed by atoms with E-state index < -0.39 is 0 Å². The van der Waals surface area contributed by atoms with Gasteiger partial charge in [-0.1, -0.05) is 37.3 Å². The van der Waals surface area contributed by atoms with Gasteiger partial charge in [0, 0.05) is 50.5 Å². The van der Waals surface area contributed by atoms with Gasteiger partial charge in [0.15, 0.2) is 0 Å². The molecule has 0 radical (unpaired) electrons. The number of rotatable bonds is 5. The number of hydrogen-bond donors (Lipinski definition) is 1. The highest BCUT2D eigenvalue weighted by Crippen LogP contribution is 2.17. The summed E-state index contributed by atoms with van der Waals surface area (Å²) in [5.41, 5.74) is 1.43. The maximum absolute atomic E-state index is 12.6. The van der Waals surface area contributed by atoms with Crippen molar-refractivity contribution in [1.29, 1.82) is 0 Å². The molecule has 3 aromatic rings. The van der Waals surface area contributed by atoms with E-state index in [1.54, 1.807) is 6.20 Å². The largest absolute Gasteiger partial charge is 0.354 e. The molecule has 1 aliphatic heterocycles. The first-order chi connectivity index (χ1) is 13.7. The van der Waals surface area contributed by atoms with Gasteiger partial charge in [-0.25, -0.2) is 4.98 Å². The lowest BCUT2D eigenvalue weighted by atomic mass is 10.1. The number of nitrogens with zero attached hydrogens (tertiary/aromatic N) is 4. The van der Waals surface area contributed by atoms with E-state index in [1.165, 1.54) is 0 Å². The SMILES string of the molecule is CCN1CCN(c2ccc(CNC(=O)c3nccc4ccccc34)cn2)CC1. The third kappa shape index (κ3) is 3.97. The minimum absolute atomic E-state index is 0.170. The van der Waals surface area contributed by atoms with E-state index >= 15 is 0 Å². The van der Waals surface area contributed by atoms with Crippen molar-refractivity contribution in [2.24, 2.45) is 0 Å². The van der Waals surface area contributed by atoms with Gasteiger partial charge in [-0.05, 0) is 29.6 Å². The first-order valence-electron chi connectivity index (χ1n) is 9.79. The van der Waals surface area contributed by atoms with Crippen LogP contribution in [0.5, 0.6) is 0 Å². The Balaban J connectivity index is 1.38. The number of benzene rings is 1. The fourth-order valence-electron chi connectivity index (χ4n) is 3.57. The predicted molar refractivity (Wildman–Crippen MR) is 111 cm³/mol. The number of fused-ring (bicyclic) bond motifs is 1. The molecule has 1 amide bonds. The summed E-state index contributed by atoms with van der Waals surface area (Å²) in [6, 6.07) is 13.8. The molecule has 4 rings (SSSR count). The average molecular weight is 375 g/mol. The second-order valence-corrected chi connectivity index (χ2v) is 7.01. The highest BCUT2D eigenvalue weighted by Gasteiger charge is 2.16. The van der Waals surface area contributed by atoms with E-state index in [9.17, 15) is 4.79 Å². The standard InChI is InChI=1S/C22H25N5O/c1-2-26-11-13-27(14-12-26)20-8-7-17(15-24-20)16-25-22(28)21-19-6-4-3-5-18(19)9-10-23-21/h3-10,15H,2,11-14,16H2,1H3,(H,25,28). The van der Waals surface area contributed by atoms with Gasteiger partial charge in [-0.2, -0.15) is 0 Å². The highest BCUT2D eigenvalue weighted by atomic mass is 16.1. The maximum Gasteiger partial charge on any atom is 0.270 e. The highest BCUT2D eigenvalue weighted by molar-refractivity contribution is 6.05. The van der Waals surface area contributed by atoms with E-state index in [1.807, 2.05) is 48.7 Å². The molecule has 28 heavy (non-hydrogen) atoms. The monoisotopic (exact) mass is 375 g/mol. The first-order valence-corrected chi connectivity index (χ1v) is 9.79. The zero-order valence-electron chi connectivity index (χ0n) is 16.1. The van der Waals surface area contributed by atoms with Gasteiger partial charge in [-0.15, -0.1) is 0 Å². The number of nitrogens with one attached hydrogen (secondary N) is 1. The van der Waals surface area contributed by atoms with Crippen LogP contribution in [0.15, 0.2) is 54.9 Å². The van der Waals surface area contributed by atoms with Crippen LogP contribution in [0.1, 0.15) is 23.0 Å². The van der Waals surface area contributed by atoms with Gasteiger partial charge in [-0.3, -0.25) is 9.78 Å². The lowest BCUT2D eigenvalue weighted by molar-refractivity contribution is 0.0948. The Kier molecular flexibility index (Phi) is 5.48. The molecule has 6 heteroatoms. The number of likely N-dealkylation sites (N-methyl/N-ethyl adjacent to an activating group) is 1. The van der Waals surface area contributed by atoms with E-state index in [0.717, 1.165) is 54.9 Å². The van der Waals surface area contributed by atoms with Crippen LogP contribution in [0, 0.1) is 0 Å². The van der Waals surface area contributed by atoms with Crippen molar-refractivity contribution in [2.75, 3.05) is 37.6 Å². The molecule has 1 saturated heterocycles. The van der Waals surface area contributed by atoms with Crippen LogP contribution in [-0.2, 0) is 6.54 Å². The number of aromatic nitrogens is 2. The van der Waals surface area contributed by atoms with E-state index in [4.69, 9.17) is 0 Å². The summed E-state index contributed by atoms with van der Waals surface area (Å²) in [6.45, 7) is 7.90.